The highest BCUT2D eigenvalue weighted by atomic mass is 16.4. The molecule has 0 atom stereocenters. The quantitative estimate of drug-likeness (QED) is 0.838. The molecule has 5 heteroatoms. The van der Waals surface area contributed by atoms with E-state index >= 15 is 0 Å². The summed E-state index contributed by atoms with van der Waals surface area (Å²) in [7, 11) is 0. The molecule has 0 bridgehead atoms. The Morgan fingerprint density at radius 1 is 1.33 bits per heavy atom. The highest BCUT2D eigenvalue weighted by Gasteiger charge is 2.24. The second kappa shape index (κ2) is 6.72. The van der Waals surface area contributed by atoms with Crippen LogP contribution in [0.25, 0.3) is 0 Å². The number of aryl methyl sites for hydroxylation is 1. The maximum absolute atomic E-state index is 11.2. The first-order valence-electron chi connectivity index (χ1n) is 7.32. The third-order valence-electron chi connectivity index (χ3n) is 4.18. The highest BCUT2D eigenvalue weighted by Crippen LogP contribution is 2.25. The second-order valence-corrected chi connectivity index (χ2v) is 5.74. The molecule has 114 valence electrons. The average Bonchev–Trinajstić information content (AvgIpc) is 2.93. The van der Waals surface area contributed by atoms with Crippen LogP contribution in [0.1, 0.15) is 47.2 Å². The lowest BCUT2D eigenvalue weighted by molar-refractivity contribution is -0.139. The monoisotopic (exact) mass is 290 g/mol. The van der Waals surface area contributed by atoms with E-state index in [9.17, 15) is 9.59 Å². The minimum atomic E-state index is -0.798. The number of nitrogens with zero attached hydrogens (tertiary/aromatic N) is 1. The van der Waals surface area contributed by atoms with Crippen LogP contribution in [0, 0.1) is 6.92 Å². The van der Waals surface area contributed by atoms with Crippen molar-refractivity contribution in [1.29, 1.82) is 0 Å². The van der Waals surface area contributed by atoms with E-state index in [1.165, 1.54) is 12.8 Å². The maximum atomic E-state index is 11.2. The van der Waals surface area contributed by atoms with Gasteiger partial charge in [-0.1, -0.05) is 18.9 Å². The lowest BCUT2D eigenvalue weighted by Gasteiger charge is -2.27. The van der Waals surface area contributed by atoms with Gasteiger partial charge < -0.3 is 10.8 Å². The normalized spacial score (nSPS) is 15.5. The molecule has 0 spiro atoms. The van der Waals surface area contributed by atoms with Crippen molar-refractivity contribution in [2.45, 2.75) is 45.2 Å². The molecule has 0 aromatic heterocycles. The molecule has 1 fully saturated rings. The predicted molar refractivity (Wildman–Crippen MR) is 80.0 cm³/mol. The summed E-state index contributed by atoms with van der Waals surface area (Å²) in [6.45, 7) is 2.58. The minimum absolute atomic E-state index is 0.0572. The number of aliphatic carboxylic acids is 1. The van der Waals surface area contributed by atoms with Crippen LogP contribution in [0.4, 0.5) is 0 Å². The molecule has 0 unspecified atom stereocenters. The Hall–Kier alpha value is -1.88. The SMILES string of the molecule is Cc1cc(C(N)=O)ccc1CN(CC(=O)O)C1CCCC1. The van der Waals surface area contributed by atoms with Crippen molar-refractivity contribution in [2.75, 3.05) is 6.54 Å². The van der Waals surface area contributed by atoms with Crippen molar-refractivity contribution in [3.63, 3.8) is 0 Å². The maximum Gasteiger partial charge on any atom is 0.317 e. The summed E-state index contributed by atoms with van der Waals surface area (Å²) in [5, 5.41) is 9.11. The number of carboxylic acid groups (broad SMARTS) is 1. The molecule has 3 N–H and O–H groups in total. The van der Waals surface area contributed by atoms with E-state index in [0.29, 0.717) is 18.2 Å². The molecule has 2 rings (SSSR count). The summed E-state index contributed by atoms with van der Waals surface area (Å²) in [5.41, 5.74) is 7.78. The predicted octanol–water partition coefficient (Wildman–Crippen LogP) is 1.92. The fourth-order valence-electron chi connectivity index (χ4n) is 3.00. The van der Waals surface area contributed by atoms with Gasteiger partial charge in [0.2, 0.25) is 5.91 Å². The fourth-order valence-corrected chi connectivity index (χ4v) is 3.00. The molecule has 1 saturated carbocycles. The summed E-state index contributed by atoms with van der Waals surface area (Å²) < 4.78 is 0. The molecule has 1 amide bonds. The number of primary amides is 1. The molecular weight excluding hydrogens is 268 g/mol. The van der Waals surface area contributed by atoms with Gasteiger partial charge in [-0.2, -0.15) is 0 Å². The largest absolute Gasteiger partial charge is 0.480 e. The van der Waals surface area contributed by atoms with Gasteiger partial charge in [-0.3, -0.25) is 14.5 Å². The van der Waals surface area contributed by atoms with Crippen LogP contribution in [0.3, 0.4) is 0 Å². The van der Waals surface area contributed by atoms with Crippen molar-refractivity contribution < 1.29 is 14.7 Å². The van der Waals surface area contributed by atoms with Gasteiger partial charge in [0.1, 0.15) is 0 Å². The van der Waals surface area contributed by atoms with Crippen molar-refractivity contribution in [1.82, 2.24) is 4.90 Å². The number of hydrogen-bond donors (Lipinski definition) is 2. The van der Waals surface area contributed by atoms with Crippen molar-refractivity contribution >= 4 is 11.9 Å². The van der Waals surface area contributed by atoms with E-state index in [1.54, 1.807) is 12.1 Å². The minimum Gasteiger partial charge on any atom is -0.480 e. The Morgan fingerprint density at radius 2 is 2.00 bits per heavy atom. The van der Waals surface area contributed by atoms with Gasteiger partial charge in [-0.15, -0.1) is 0 Å². The summed E-state index contributed by atoms with van der Waals surface area (Å²) in [4.78, 5) is 24.3. The summed E-state index contributed by atoms with van der Waals surface area (Å²) in [5.74, 6) is -1.24. The molecule has 1 aliphatic carbocycles. The molecule has 0 radical (unpaired) electrons. The van der Waals surface area contributed by atoms with Crippen LogP contribution in [-0.2, 0) is 11.3 Å². The van der Waals surface area contributed by atoms with E-state index in [0.717, 1.165) is 24.0 Å². The Kier molecular flexibility index (Phi) is 4.96. The van der Waals surface area contributed by atoms with E-state index in [2.05, 4.69) is 0 Å². The van der Waals surface area contributed by atoms with Crippen LogP contribution >= 0.6 is 0 Å². The highest BCUT2D eigenvalue weighted by molar-refractivity contribution is 5.93. The third-order valence-corrected chi connectivity index (χ3v) is 4.18. The fraction of sp³-hybridized carbons (Fsp3) is 0.500. The number of rotatable bonds is 6. The molecule has 0 aliphatic heterocycles. The second-order valence-electron chi connectivity index (χ2n) is 5.74. The van der Waals surface area contributed by atoms with Crippen LogP contribution in [-0.4, -0.2) is 34.5 Å². The lowest BCUT2D eigenvalue weighted by atomic mass is 10.0. The first-order chi connectivity index (χ1) is 9.97. The van der Waals surface area contributed by atoms with Crippen LogP contribution in [0.5, 0.6) is 0 Å². The molecule has 21 heavy (non-hydrogen) atoms. The van der Waals surface area contributed by atoms with Crippen molar-refractivity contribution in [3.05, 3.63) is 34.9 Å². The number of benzene rings is 1. The van der Waals surface area contributed by atoms with E-state index in [4.69, 9.17) is 10.8 Å². The number of carbonyl (C=O) groups excluding carboxylic acids is 1. The van der Waals surface area contributed by atoms with Crippen molar-refractivity contribution in [3.8, 4) is 0 Å². The van der Waals surface area contributed by atoms with Crippen LogP contribution in [0.15, 0.2) is 18.2 Å². The van der Waals surface area contributed by atoms with Gasteiger partial charge in [0.15, 0.2) is 0 Å². The molecule has 0 saturated heterocycles. The van der Waals surface area contributed by atoms with Gasteiger partial charge in [0.05, 0.1) is 6.54 Å². The van der Waals surface area contributed by atoms with E-state index < -0.39 is 11.9 Å². The number of carboxylic acids is 1. The van der Waals surface area contributed by atoms with E-state index in [-0.39, 0.29) is 6.54 Å². The Balaban J connectivity index is 2.15. The Bertz CT molecular complexity index is 536. The zero-order valence-corrected chi connectivity index (χ0v) is 12.3. The van der Waals surface area contributed by atoms with Crippen LogP contribution < -0.4 is 5.73 Å². The third kappa shape index (κ3) is 4.04. The van der Waals surface area contributed by atoms with Gasteiger partial charge in [-0.05, 0) is 43.0 Å². The first kappa shape index (κ1) is 15.5. The average molecular weight is 290 g/mol. The molecule has 5 nitrogen and oxygen atoms in total. The number of amides is 1. The zero-order valence-electron chi connectivity index (χ0n) is 12.3. The summed E-state index contributed by atoms with van der Waals surface area (Å²) in [6.07, 6.45) is 4.46. The number of hydrogen-bond acceptors (Lipinski definition) is 3. The molecule has 1 aromatic carbocycles. The standard InChI is InChI=1S/C16H22N2O3/c1-11-8-12(16(17)21)6-7-13(11)9-18(10-15(19)20)14-4-2-3-5-14/h6-8,14H,2-5,9-10H2,1H3,(H2,17,21)(H,19,20). The Morgan fingerprint density at radius 3 is 2.52 bits per heavy atom. The van der Waals surface area contributed by atoms with Crippen molar-refractivity contribution in [2.24, 2.45) is 5.73 Å². The molecular formula is C16H22N2O3. The van der Waals surface area contributed by atoms with Crippen LogP contribution in [0.2, 0.25) is 0 Å². The molecule has 0 heterocycles. The summed E-state index contributed by atoms with van der Waals surface area (Å²) >= 11 is 0. The van der Waals surface area contributed by atoms with E-state index in [1.807, 2.05) is 17.9 Å². The summed E-state index contributed by atoms with van der Waals surface area (Å²) in [6, 6.07) is 5.69. The first-order valence-corrected chi connectivity index (χ1v) is 7.32. The molecule has 1 aromatic rings. The van der Waals surface area contributed by atoms with Gasteiger partial charge in [0.25, 0.3) is 0 Å². The zero-order chi connectivity index (χ0) is 15.4. The smallest absolute Gasteiger partial charge is 0.317 e. The van der Waals surface area contributed by atoms with Gasteiger partial charge in [-0.25, -0.2) is 0 Å². The van der Waals surface area contributed by atoms with Gasteiger partial charge >= 0.3 is 5.97 Å². The molecule has 1 aliphatic rings. The number of nitrogens with two attached hydrogens (primary N) is 1. The topological polar surface area (TPSA) is 83.6 Å². The lowest BCUT2D eigenvalue weighted by Crippen LogP contribution is -2.37. The number of carbonyl (C=O) groups is 2. The van der Waals surface area contributed by atoms with Gasteiger partial charge in [0, 0.05) is 18.2 Å². The Labute approximate surface area is 124 Å².